The molecule has 10 nitrogen and oxygen atoms in total. The van der Waals surface area contributed by atoms with Crippen molar-refractivity contribution >= 4 is 34.8 Å². The molecule has 4 aromatic rings. The van der Waals surface area contributed by atoms with Gasteiger partial charge in [0.1, 0.15) is 5.75 Å². The molecule has 0 saturated heterocycles. The molecule has 1 amide bonds. The monoisotopic (exact) mass is 494 g/mol. The highest BCUT2D eigenvalue weighted by molar-refractivity contribution is 6.32. The van der Waals surface area contributed by atoms with E-state index in [1.807, 2.05) is 38.6 Å². The Labute approximate surface area is 208 Å². The van der Waals surface area contributed by atoms with E-state index in [-0.39, 0.29) is 18.0 Å². The SMILES string of the molecule is COc1cc(C(=O)Nc2cnn(C(C)C)c2)ccc1Nc1ncc(Cl)c(-c2cnn(C(C)C)c2)n1. The maximum atomic E-state index is 12.7. The van der Waals surface area contributed by atoms with Crippen LogP contribution in [-0.4, -0.2) is 42.5 Å². The highest BCUT2D eigenvalue weighted by atomic mass is 35.5. The molecule has 0 saturated carbocycles. The van der Waals surface area contributed by atoms with Gasteiger partial charge in [0, 0.05) is 35.6 Å². The largest absolute Gasteiger partial charge is 0.495 e. The van der Waals surface area contributed by atoms with Crippen molar-refractivity contribution in [3.63, 3.8) is 0 Å². The lowest BCUT2D eigenvalue weighted by molar-refractivity contribution is 0.102. The van der Waals surface area contributed by atoms with E-state index in [0.29, 0.717) is 39.4 Å². The number of methoxy groups -OCH3 is 1. The van der Waals surface area contributed by atoms with Gasteiger partial charge in [-0.05, 0) is 45.9 Å². The third-order valence-corrected chi connectivity index (χ3v) is 5.52. The van der Waals surface area contributed by atoms with Crippen molar-refractivity contribution in [1.82, 2.24) is 29.5 Å². The van der Waals surface area contributed by atoms with Gasteiger partial charge < -0.3 is 15.4 Å². The van der Waals surface area contributed by atoms with Crippen molar-refractivity contribution in [2.45, 2.75) is 39.8 Å². The van der Waals surface area contributed by atoms with E-state index in [9.17, 15) is 4.79 Å². The fourth-order valence-corrected chi connectivity index (χ4v) is 3.52. The quantitative estimate of drug-likeness (QED) is 0.339. The number of halogens is 1. The minimum absolute atomic E-state index is 0.202. The van der Waals surface area contributed by atoms with E-state index in [2.05, 4.69) is 30.8 Å². The topological polar surface area (TPSA) is 112 Å². The van der Waals surface area contributed by atoms with Crippen LogP contribution in [0.5, 0.6) is 5.75 Å². The van der Waals surface area contributed by atoms with Crippen molar-refractivity contribution in [2.24, 2.45) is 0 Å². The first-order chi connectivity index (χ1) is 16.7. The predicted octanol–water partition coefficient (Wildman–Crippen LogP) is 5.36. The molecule has 1 aromatic carbocycles. The average molecular weight is 495 g/mol. The molecule has 182 valence electrons. The van der Waals surface area contributed by atoms with Gasteiger partial charge in [-0.15, -0.1) is 0 Å². The molecule has 35 heavy (non-hydrogen) atoms. The molecule has 2 N–H and O–H groups in total. The fourth-order valence-electron chi connectivity index (χ4n) is 3.32. The van der Waals surface area contributed by atoms with Gasteiger partial charge >= 0.3 is 0 Å². The number of hydrogen-bond acceptors (Lipinski definition) is 7. The van der Waals surface area contributed by atoms with Crippen LogP contribution in [0.25, 0.3) is 11.3 Å². The molecule has 0 atom stereocenters. The highest BCUT2D eigenvalue weighted by Gasteiger charge is 2.15. The summed E-state index contributed by atoms with van der Waals surface area (Å²) in [6.07, 6.45) is 8.55. The minimum atomic E-state index is -0.273. The van der Waals surface area contributed by atoms with Crippen molar-refractivity contribution in [2.75, 3.05) is 17.7 Å². The molecule has 0 bridgehead atoms. The van der Waals surface area contributed by atoms with Gasteiger partial charge in [0.05, 0.1) is 47.8 Å². The standard InChI is InChI=1S/C24H27ClN8O2/c1-14(2)32-12-17(9-27-32)22-19(25)11-26-24(31-22)30-20-7-6-16(8-21(20)35-5)23(34)29-18-10-28-33(13-18)15(3)4/h6-15H,1-5H3,(H,29,34)(H,26,30,31). The van der Waals surface area contributed by atoms with Crippen LogP contribution in [-0.2, 0) is 0 Å². The molecule has 11 heteroatoms. The van der Waals surface area contributed by atoms with Crippen LogP contribution >= 0.6 is 11.6 Å². The number of hydrogen-bond donors (Lipinski definition) is 2. The first-order valence-electron chi connectivity index (χ1n) is 11.1. The third kappa shape index (κ3) is 5.43. The number of benzene rings is 1. The normalized spacial score (nSPS) is 11.2. The Morgan fingerprint density at radius 2 is 1.74 bits per heavy atom. The summed E-state index contributed by atoms with van der Waals surface area (Å²) in [7, 11) is 1.53. The number of carbonyl (C=O) groups excluding carboxylic acids is 1. The van der Waals surface area contributed by atoms with Crippen LogP contribution < -0.4 is 15.4 Å². The lowest BCUT2D eigenvalue weighted by Gasteiger charge is -2.12. The van der Waals surface area contributed by atoms with Gasteiger partial charge in [0.25, 0.3) is 5.91 Å². The molecular formula is C24H27ClN8O2. The van der Waals surface area contributed by atoms with Gasteiger partial charge in [-0.1, -0.05) is 11.6 Å². The zero-order chi connectivity index (χ0) is 25.1. The minimum Gasteiger partial charge on any atom is -0.495 e. The Morgan fingerprint density at radius 3 is 2.40 bits per heavy atom. The van der Waals surface area contributed by atoms with Crippen molar-refractivity contribution in [3.05, 3.63) is 59.8 Å². The van der Waals surface area contributed by atoms with Gasteiger partial charge in [0.15, 0.2) is 0 Å². The molecule has 0 unspecified atom stereocenters. The van der Waals surface area contributed by atoms with E-state index < -0.39 is 0 Å². The summed E-state index contributed by atoms with van der Waals surface area (Å²) in [5, 5.41) is 15.0. The zero-order valence-electron chi connectivity index (χ0n) is 20.2. The van der Waals surface area contributed by atoms with Crippen molar-refractivity contribution < 1.29 is 9.53 Å². The second kappa shape index (κ2) is 10.1. The molecule has 0 aliphatic rings. The molecule has 0 aliphatic heterocycles. The van der Waals surface area contributed by atoms with Crippen LogP contribution in [0.2, 0.25) is 5.02 Å². The molecule has 3 heterocycles. The Hall–Kier alpha value is -3.92. The number of amides is 1. The summed E-state index contributed by atoms with van der Waals surface area (Å²) >= 11 is 6.36. The van der Waals surface area contributed by atoms with E-state index in [4.69, 9.17) is 16.3 Å². The summed E-state index contributed by atoms with van der Waals surface area (Å²) < 4.78 is 9.12. The Bertz CT molecular complexity index is 1350. The van der Waals surface area contributed by atoms with E-state index in [1.54, 1.807) is 41.5 Å². The Morgan fingerprint density at radius 1 is 1.03 bits per heavy atom. The lowest BCUT2D eigenvalue weighted by atomic mass is 10.1. The van der Waals surface area contributed by atoms with Crippen LogP contribution in [0.3, 0.4) is 0 Å². The van der Waals surface area contributed by atoms with Gasteiger partial charge in [-0.25, -0.2) is 9.97 Å². The number of nitrogens with one attached hydrogen (secondary N) is 2. The van der Waals surface area contributed by atoms with Gasteiger partial charge in [-0.3, -0.25) is 14.2 Å². The number of anilines is 3. The summed E-state index contributed by atoms with van der Waals surface area (Å²) in [4.78, 5) is 21.6. The maximum Gasteiger partial charge on any atom is 0.255 e. The Kier molecular flexibility index (Phi) is 7.02. The summed E-state index contributed by atoms with van der Waals surface area (Å²) in [6.45, 7) is 8.11. The number of aromatic nitrogens is 6. The van der Waals surface area contributed by atoms with Crippen LogP contribution in [0.1, 0.15) is 50.1 Å². The number of carbonyl (C=O) groups is 1. The molecule has 0 radical (unpaired) electrons. The second-order valence-electron chi connectivity index (χ2n) is 8.49. The van der Waals surface area contributed by atoms with Crippen molar-refractivity contribution in [3.8, 4) is 17.0 Å². The smallest absolute Gasteiger partial charge is 0.255 e. The number of rotatable bonds is 8. The zero-order valence-corrected chi connectivity index (χ0v) is 20.9. The van der Waals surface area contributed by atoms with Crippen LogP contribution in [0, 0.1) is 0 Å². The van der Waals surface area contributed by atoms with Gasteiger partial charge in [0.2, 0.25) is 5.95 Å². The number of ether oxygens (including phenoxy) is 1. The van der Waals surface area contributed by atoms with Crippen molar-refractivity contribution in [1.29, 1.82) is 0 Å². The average Bonchev–Trinajstić information content (AvgIpc) is 3.51. The summed E-state index contributed by atoms with van der Waals surface area (Å²) in [5.41, 5.74) is 3.00. The summed E-state index contributed by atoms with van der Waals surface area (Å²) in [5.74, 6) is 0.520. The van der Waals surface area contributed by atoms with E-state index in [0.717, 1.165) is 5.56 Å². The van der Waals surface area contributed by atoms with Crippen LogP contribution in [0.4, 0.5) is 17.3 Å². The Balaban J connectivity index is 1.54. The third-order valence-electron chi connectivity index (χ3n) is 5.25. The van der Waals surface area contributed by atoms with E-state index in [1.165, 1.54) is 13.3 Å². The molecular weight excluding hydrogens is 468 g/mol. The predicted molar refractivity (Wildman–Crippen MR) is 135 cm³/mol. The first-order valence-corrected chi connectivity index (χ1v) is 11.5. The summed E-state index contributed by atoms with van der Waals surface area (Å²) in [6, 6.07) is 5.49. The molecule has 0 fully saturated rings. The molecule has 0 aliphatic carbocycles. The first kappa shape index (κ1) is 24.2. The lowest BCUT2D eigenvalue weighted by Crippen LogP contribution is -2.12. The molecule has 3 aromatic heterocycles. The van der Waals surface area contributed by atoms with Crippen LogP contribution in [0.15, 0.2) is 49.2 Å². The maximum absolute atomic E-state index is 12.7. The number of nitrogens with zero attached hydrogens (tertiary/aromatic N) is 6. The second-order valence-corrected chi connectivity index (χ2v) is 8.90. The molecule has 4 rings (SSSR count). The molecule has 0 spiro atoms. The highest BCUT2D eigenvalue weighted by Crippen LogP contribution is 2.31. The van der Waals surface area contributed by atoms with Gasteiger partial charge in [-0.2, -0.15) is 10.2 Å². The fraction of sp³-hybridized carbons (Fsp3) is 0.292. The van der Waals surface area contributed by atoms with E-state index >= 15 is 0 Å².